The first-order valence-corrected chi connectivity index (χ1v) is 5.57. The Balaban J connectivity index is 0.00000289. The van der Waals surface area contributed by atoms with Gasteiger partial charge in [-0.25, -0.2) is 0 Å². The van der Waals surface area contributed by atoms with Crippen molar-refractivity contribution in [1.29, 1.82) is 0 Å². The van der Waals surface area contributed by atoms with Crippen molar-refractivity contribution in [3.05, 3.63) is 34.9 Å². The van der Waals surface area contributed by atoms with Crippen LogP contribution in [0.2, 0.25) is 5.02 Å². The summed E-state index contributed by atoms with van der Waals surface area (Å²) in [6, 6.07) is 5.42. The van der Waals surface area contributed by atoms with E-state index in [2.05, 4.69) is 5.32 Å². The second kappa shape index (κ2) is 7.48. The third-order valence-electron chi connectivity index (χ3n) is 2.33. The first kappa shape index (κ1) is 17.0. The van der Waals surface area contributed by atoms with Crippen LogP contribution in [-0.2, 0) is 4.79 Å². The Morgan fingerprint density at radius 2 is 1.83 bits per heavy atom. The molecule has 1 atom stereocenters. The largest absolute Gasteiger partial charge is 1.00 e. The number of hydrogen-bond donors (Lipinski definition) is 1. The summed E-state index contributed by atoms with van der Waals surface area (Å²) in [4.78, 5) is 22.6. The minimum absolute atomic E-state index is 0. The number of nitrogens with one attached hydrogen (secondary N) is 1. The maximum absolute atomic E-state index is 11.8. The van der Waals surface area contributed by atoms with E-state index in [0.717, 1.165) is 0 Å². The van der Waals surface area contributed by atoms with Gasteiger partial charge in [-0.3, -0.25) is 4.79 Å². The van der Waals surface area contributed by atoms with E-state index in [1.54, 1.807) is 32.0 Å². The smallest absolute Gasteiger partial charge is 0.548 e. The summed E-state index contributed by atoms with van der Waals surface area (Å²) in [6.45, 7) is 3.38. The van der Waals surface area contributed by atoms with Crippen LogP contribution in [0.15, 0.2) is 24.3 Å². The Bertz CT molecular complexity index is 437. The quantitative estimate of drug-likeness (QED) is 0.628. The van der Waals surface area contributed by atoms with Gasteiger partial charge in [0.05, 0.1) is 22.6 Å². The van der Waals surface area contributed by atoms with E-state index in [1.165, 1.54) is 6.07 Å². The summed E-state index contributed by atoms with van der Waals surface area (Å²) in [6.07, 6.45) is 0. The molecule has 0 aliphatic heterocycles. The number of carbonyl (C=O) groups is 2. The zero-order valence-corrected chi connectivity index (χ0v) is 11.3. The molecular weight excluding hydrogens is 249 g/mol. The third-order valence-corrected chi connectivity index (χ3v) is 2.66. The summed E-state index contributed by atoms with van der Waals surface area (Å²) in [5, 5.41) is 13.5. The molecule has 1 rings (SSSR count). The Morgan fingerprint density at radius 1 is 1.28 bits per heavy atom. The van der Waals surface area contributed by atoms with Crippen molar-refractivity contribution in [2.24, 2.45) is 5.92 Å². The number of rotatable bonds is 4. The molecule has 0 spiro atoms. The number of carboxylic acid groups (broad SMARTS) is 1. The van der Waals surface area contributed by atoms with E-state index < -0.39 is 17.9 Å². The van der Waals surface area contributed by atoms with Crippen LogP contribution in [0.1, 0.15) is 24.2 Å². The summed E-state index contributed by atoms with van der Waals surface area (Å²) >= 11 is 5.84. The van der Waals surface area contributed by atoms with Crippen molar-refractivity contribution in [3.8, 4) is 0 Å². The van der Waals surface area contributed by atoms with Gasteiger partial charge in [-0.1, -0.05) is 37.6 Å². The minimum Gasteiger partial charge on any atom is -0.548 e. The normalized spacial score (nSPS) is 11.6. The first-order valence-electron chi connectivity index (χ1n) is 5.19. The number of carboxylic acids is 1. The molecule has 1 aromatic carbocycles. The predicted molar refractivity (Wildman–Crippen MR) is 62.6 cm³/mol. The van der Waals surface area contributed by atoms with Gasteiger partial charge < -0.3 is 15.2 Å². The van der Waals surface area contributed by atoms with Crippen molar-refractivity contribution < 1.29 is 33.6 Å². The molecule has 0 heterocycles. The van der Waals surface area contributed by atoms with E-state index in [4.69, 9.17) is 11.6 Å². The predicted octanol–water partition coefficient (Wildman–Crippen LogP) is -2.15. The molecule has 92 valence electrons. The van der Waals surface area contributed by atoms with E-state index >= 15 is 0 Å². The average Bonchev–Trinajstić information content (AvgIpc) is 2.25. The van der Waals surface area contributed by atoms with E-state index in [0.29, 0.717) is 0 Å². The topological polar surface area (TPSA) is 69.2 Å². The van der Waals surface area contributed by atoms with Crippen LogP contribution in [0.5, 0.6) is 0 Å². The van der Waals surface area contributed by atoms with Crippen LogP contribution in [0.4, 0.5) is 0 Å². The summed E-state index contributed by atoms with van der Waals surface area (Å²) in [5.41, 5.74) is 0.251. The Morgan fingerprint density at radius 3 is 2.28 bits per heavy atom. The standard InChI is InChI=1S/C12H14ClNO3.Li/c1-7(2)10(12(16)17)14-11(15)8-5-3-4-6-9(8)13;/h3-7,10H,1-2H3,(H,14,15)(H,16,17);/q;+1/p-1. The Kier molecular flexibility index (Phi) is 7.08. The van der Waals surface area contributed by atoms with Crippen LogP contribution in [-0.4, -0.2) is 17.9 Å². The molecule has 18 heavy (non-hydrogen) atoms. The van der Waals surface area contributed by atoms with Crippen LogP contribution in [0.3, 0.4) is 0 Å². The molecule has 0 bridgehead atoms. The van der Waals surface area contributed by atoms with Gasteiger partial charge >= 0.3 is 18.9 Å². The van der Waals surface area contributed by atoms with Crippen LogP contribution >= 0.6 is 11.6 Å². The molecule has 4 nitrogen and oxygen atoms in total. The van der Waals surface area contributed by atoms with Gasteiger partial charge in [0.25, 0.3) is 5.91 Å². The first-order chi connectivity index (χ1) is 7.93. The molecule has 1 N–H and O–H groups in total. The summed E-state index contributed by atoms with van der Waals surface area (Å²) in [7, 11) is 0. The molecule has 1 aromatic rings. The van der Waals surface area contributed by atoms with Crippen molar-refractivity contribution in [2.45, 2.75) is 19.9 Å². The van der Waals surface area contributed by atoms with Gasteiger partial charge in [-0.2, -0.15) is 0 Å². The van der Waals surface area contributed by atoms with Gasteiger partial charge in [0.2, 0.25) is 0 Å². The second-order valence-corrected chi connectivity index (χ2v) is 4.40. The van der Waals surface area contributed by atoms with Crippen LogP contribution < -0.4 is 29.3 Å². The molecule has 0 aromatic heterocycles. The number of benzene rings is 1. The molecule has 6 heteroatoms. The molecule has 0 saturated heterocycles. The van der Waals surface area contributed by atoms with Gasteiger partial charge in [0, 0.05) is 0 Å². The maximum Gasteiger partial charge on any atom is 1.00 e. The summed E-state index contributed by atoms with van der Waals surface area (Å²) in [5.74, 6) is -2.08. The van der Waals surface area contributed by atoms with Crippen molar-refractivity contribution in [3.63, 3.8) is 0 Å². The Hall–Kier alpha value is -0.953. The van der Waals surface area contributed by atoms with Crippen molar-refractivity contribution in [1.82, 2.24) is 5.32 Å². The number of carbonyl (C=O) groups excluding carboxylic acids is 2. The monoisotopic (exact) mass is 261 g/mol. The van der Waals surface area contributed by atoms with Crippen LogP contribution in [0, 0.1) is 5.92 Å². The van der Waals surface area contributed by atoms with E-state index in [1.807, 2.05) is 0 Å². The SMILES string of the molecule is CC(C)C(NC(=O)c1ccccc1Cl)C(=O)[O-].[Li+]. The van der Waals surface area contributed by atoms with Crippen molar-refractivity contribution >= 4 is 23.5 Å². The minimum atomic E-state index is -1.31. The molecule has 0 fully saturated rings. The van der Waals surface area contributed by atoms with Gasteiger partial charge in [0.1, 0.15) is 0 Å². The molecule has 1 unspecified atom stereocenters. The molecule has 0 saturated carbocycles. The molecule has 1 amide bonds. The fourth-order valence-corrected chi connectivity index (χ4v) is 1.58. The van der Waals surface area contributed by atoms with E-state index in [-0.39, 0.29) is 35.4 Å². The maximum atomic E-state index is 11.8. The van der Waals surface area contributed by atoms with Gasteiger partial charge in [0.15, 0.2) is 0 Å². The fraction of sp³-hybridized carbons (Fsp3) is 0.333. The summed E-state index contributed by atoms with van der Waals surface area (Å²) < 4.78 is 0. The molecule has 0 radical (unpaired) electrons. The van der Waals surface area contributed by atoms with Crippen LogP contribution in [0.25, 0.3) is 0 Å². The van der Waals surface area contributed by atoms with E-state index in [9.17, 15) is 14.7 Å². The fourth-order valence-electron chi connectivity index (χ4n) is 1.36. The Labute approximate surface area is 123 Å². The number of hydrogen-bond acceptors (Lipinski definition) is 3. The van der Waals surface area contributed by atoms with Gasteiger partial charge in [-0.15, -0.1) is 0 Å². The number of amides is 1. The zero-order chi connectivity index (χ0) is 13.0. The third kappa shape index (κ3) is 4.38. The number of halogens is 1. The second-order valence-electron chi connectivity index (χ2n) is 3.99. The molecule has 0 aliphatic rings. The number of aliphatic carboxylic acids is 1. The van der Waals surface area contributed by atoms with Crippen molar-refractivity contribution in [2.75, 3.05) is 0 Å². The average molecular weight is 262 g/mol. The molecule has 0 aliphatic carbocycles. The zero-order valence-electron chi connectivity index (χ0n) is 10.6. The molecular formula is C12H13ClLiNO3. The van der Waals surface area contributed by atoms with Gasteiger partial charge in [-0.05, 0) is 18.1 Å².